The number of halogens is 1. The molecule has 1 atom stereocenters. The minimum Gasteiger partial charge on any atom is -0.365 e. The molecular weight excluding hydrogens is 352 g/mol. The second-order valence-electron chi connectivity index (χ2n) is 4.61. The van der Waals surface area contributed by atoms with Gasteiger partial charge < -0.3 is 5.32 Å². The number of fused-ring (bicyclic) bond motifs is 1. The second kappa shape index (κ2) is 6.07. The van der Waals surface area contributed by atoms with E-state index in [9.17, 15) is 9.59 Å². The molecule has 2 aromatic carbocycles. The van der Waals surface area contributed by atoms with E-state index in [0.29, 0.717) is 11.9 Å². The smallest absolute Gasteiger partial charge is 0.290 e. The summed E-state index contributed by atoms with van der Waals surface area (Å²) in [4.78, 5) is 25.4. The van der Waals surface area contributed by atoms with Gasteiger partial charge in [-0.1, -0.05) is 52.3 Å². The average Bonchev–Trinajstić information content (AvgIpc) is 2.76. The number of anilines is 1. The van der Waals surface area contributed by atoms with E-state index in [0.717, 1.165) is 28.2 Å². The number of imide groups is 1. The van der Waals surface area contributed by atoms with Crippen LogP contribution in [-0.4, -0.2) is 33.3 Å². The van der Waals surface area contributed by atoms with Gasteiger partial charge in [-0.3, -0.25) is 14.5 Å². The number of carbonyl (C=O) groups excluding carboxylic acids is 2. The first-order valence-corrected chi connectivity index (χ1v) is 8.53. The Labute approximate surface area is 135 Å². The maximum atomic E-state index is 12.2. The number of alkyl halides is 1. The third-order valence-corrected chi connectivity index (χ3v) is 4.65. The van der Waals surface area contributed by atoms with Crippen molar-refractivity contribution >= 4 is 55.3 Å². The van der Waals surface area contributed by atoms with Gasteiger partial charge in [0.25, 0.3) is 11.1 Å². The Hall–Kier alpha value is -1.53. The van der Waals surface area contributed by atoms with Crippen LogP contribution in [0.25, 0.3) is 10.8 Å². The summed E-state index contributed by atoms with van der Waals surface area (Å²) in [5.74, 6) is -0.183. The lowest BCUT2D eigenvalue weighted by atomic mass is 10.1. The van der Waals surface area contributed by atoms with E-state index in [2.05, 4.69) is 21.2 Å². The first-order valence-electron chi connectivity index (χ1n) is 6.53. The normalized spacial score (nSPS) is 18.5. The first kappa shape index (κ1) is 14.4. The molecule has 1 fully saturated rings. The van der Waals surface area contributed by atoms with E-state index in [-0.39, 0.29) is 11.1 Å². The Morgan fingerprint density at radius 1 is 1.14 bits per heavy atom. The van der Waals surface area contributed by atoms with Crippen molar-refractivity contribution in [3.05, 3.63) is 42.5 Å². The van der Waals surface area contributed by atoms with Crippen molar-refractivity contribution in [2.24, 2.45) is 0 Å². The molecule has 108 valence electrons. The highest BCUT2D eigenvalue weighted by atomic mass is 79.9. The Kier molecular flexibility index (Phi) is 4.17. The molecular formula is C15H13BrN2O2S. The van der Waals surface area contributed by atoms with Crippen molar-refractivity contribution in [1.82, 2.24) is 4.90 Å². The van der Waals surface area contributed by atoms with Crippen LogP contribution < -0.4 is 5.32 Å². The van der Waals surface area contributed by atoms with E-state index in [1.807, 2.05) is 42.5 Å². The molecule has 2 amide bonds. The van der Waals surface area contributed by atoms with Crippen LogP contribution in [0.3, 0.4) is 0 Å². The van der Waals surface area contributed by atoms with E-state index in [1.165, 1.54) is 4.90 Å². The van der Waals surface area contributed by atoms with Gasteiger partial charge in [-0.15, -0.1) is 0 Å². The summed E-state index contributed by atoms with van der Waals surface area (Å²) < 4.78 is 0. The fourth-order valence-electron chi connectivity index (χ4n) is 2.32. The number of benzene rings is 2. The quantitative estimate of drug-likeness (QED) is 0.840. The Morgan fingerprint density at radius 3 is 2.71 bits per heavy atom. The fraction of sp³-hybridized carbons (Fsp3) is 0.200. The predicted molar refractivity (Wildman–Crippen MR) is 89.9 cm³/mol. The predicted octanol–water partition coefficient (Wildman–Crippen LogP) is 3.67. The van der Waals surface area contributed by atoms with Crippen LogP contribution in [0, 0.1) is 0 Å². The lowest BCUT2D eigenvalue weighted by Crippen LogP contribution is -2.35. The number of hydrogen-bond donors (Lipinski definition) is 1. The van der Waals surface area contributed by atoms with Gasteiger partial charge >= 0.3 is 0 Å². The summed E-state index contributed by atoms with van der Waals surface area (Å²) in [5.41, 5.74) is 0.868. The van der Waals surface area contributed by atoms with E-state index < -0.39 is 5.37 Å². The van der Waals surface area contributed by atoms with Crippen LogP contribution in [0.15, 0.2) is 42.5 Å². The third-order valence-electron chi connectivity index (χ3n) is 3.31. The number of nitrogens with zero attached hydrogens (tertiary/aromatic N) is 1. The lowest BCUT2D eigenvalue weighted by Gasteiger charge is -2.15. The molecule has 0 bridgehead atoms. The number of rotatable bonds is 4. The summed E-state index contributed by atoms with van der Waals surface area (Å²) in [6.07, 6.45) is 0. The Bertz CT molecular complexity index is 702. The standard InChI is InChI=1S/C15H13BrN2O2S/c16-8-9-18-14(19)13(21-15(18)20)17-12-7-3-5-10-4-1-2-6-11(10)12/h1-7,13,17H,8-9H2/t13-/m0/s1. The molecule has 3 rings (SSSR count). The van der Waals surface area contributed by atoms with Crippen LogP contribution in [0.2, 0.25) is 0 Å². The number of carbonyl (C=O) groups is 2. The molecule has 1 heterocycles. The molecule has 6 heteroatoms. The monoisotopic (exact) mass is 364 g/mol. The molecule has 0 saturated carbocycles. The molecule has 0 aliphatic carbocycles. The molecule has 2 aromatic rings. The highest BCUT2D eigenvalue weighted by Crippen LogP contribution is 2.31. The minimum absolute atomic E-state index is 0.183. The summed E-state index contributed by atoms with van der Waals surface area (Å²) in [5, 5.41) is 5.17. The van der Waals surface area contributed by atoms with Gasteiger partial charge in [0, 0.05) is 22.9 Å². The zero-order valence-corrected chi connectivity index (χ0v) is 13.5. The summed E-state index contributed by atoms with van der Waals surface area (Å²) in [6, 6.07) is 13.8. The number of thioether (sulfide) groups is 1. The van der Waals surface area contributed by atoms with Gasteiger partial charge in [0.2, 0.25) is 0 Å². The zero-order valence-electron chi connectivity index (χ0n) is 11.1. The van der Waals surface area contributed by atoms with Gasteiger partial charge in [0.05, 0.1) is 0 Å². The molecule has 0 spiro atoms. The summed E-state index contributed by atoms with van der Waals surface area (Å²) in [6.45, 7) is 0.401. The van der Waals surface area contributed by atoms with Gasteiger partial charge in [0.1, 0.15) is 0 Å². The fourth-order valence-corrected chi connectivity index (χ4v) is 3.59. The molecule has 0 aromatic heterocycles. The van der Waals surface area contributed by atoms with E-state index in [1.54, 1.807) is 0 Å². The molecule has 1 saturated heterocycles. The SMILES string of the molecule is O=C1S[C@H](Nc2cccc3ccccc23)C(=O)N1CCBr. The molecule has 0 radical (unpaired) electrons. The largest absolute Gasteiger partial charge is 0.365 e. The van der Waals surface area contributed by atoms with Crippen molar-refractivity contribution in [1.29, 1.82) is 0 Å². The van der Waals surface area contributed by atoms with Crippen molar-refractivity contribution in [3.8, 4) is 0 Å². The zero-order chi connectivity index (χ0) is 14.8. The average molecular weight is 365 g/mol. The number of hydrogen-bond acceptors (Lipinski definition) is 4. The van der Waals surface area contributed by atoms with Gasteiger partial charge in [-0.25, -0.2) is 0 Å². The van der Waals surface area contributed by atoms with E-state index >= 15 is 0 Å². The summed E-state index contributed by atoms with van der Waals surface area (Å²) in [7, 11) is 0. The van der Waals surface area contributed by atoms with Crippen LogP contribution in [0.5, 0.6) is 0 Å². The maximum Gasteiger partial charge on any atom is 0.290 e. The van der Waals surface area contributed by atoms with Crippen LogP contribution in [0.1, 0.15) is 0 Å². The van der Waals surface area contributed by atoms with Gasteiger partial charge in [0.15, 0.2) is 5.37 Å². The van der Waals surface area contributed by atoms with Crippen LogP contribution in [-0.2, 0) is 4.79 Å². The molecule has 1 aliphatic rings. The van der Waals surface area contributed by atoms with Crippen molar-refractivity contribution in [2.45, 2.75) is 5.37 Å². The van der Waals surface area contributed by atoms with Gasteiger partial charge in [-0.2, -0.15) is 0 Å². The van der Waals surface area contributed by atoms with Crippen LogP contribution >= 0.6 is 27.7 Å². The third kappa shape index (κ3) is 2.78. The highest BCUT2D eigenvalue weighted by Gasteiger charge is 2.39. The second-order valence-corrected chi connectivity index (χ2v) is 6.46. The Morgan fingerprint density at radius 2 is 1.90 bits per heavy atom. The molecule has 0 unspecified atom stereocenters. The van der Waals surface area contributed by atoms with Crippen molar-refractivity contribution in [2.75, 3.05) is 17.2 Å². The minimum atomic E-state index is -0.553. The topological polar surface area (TPSA) is 49.4 Å². The molecule has 1 aliphatic heterocycles. The number of amides is 2. The highest BCUT2D eigenvalue weighted by molar-refractivity contribution is 9.09. The first-order chi connectivity index (χ1) is 10.2. The lowest BCUT2D eigenvalue weighted by molar-refractivity contribution is -0.125. The molecule has 21 heavy (non-hydrogen) atoms. The van der Waals surface area contributed by atoms with Crippen molar-refractivity contribution in [3.63, 3.8) is 0 Å². The van der Waals surface area contributed by atoms with Crippen LogP contribution in [0.4, 0.5) is 10.5 Å². The maximum absolute atomic E-state index is 12.2. The molecule has 4 nitrogen and oxygen atoms in total. The summed E-state index contributed by atoms with van der Waals surface area (Å²) >= 11 is 4.29. The molecule has 1 N–H and O–H groups in total. The van der Waals surface area contributed by atoms with Gasteiger partial charge in [-0.05, 0) is 23.2 Å². The van der Waals surface area contributed by atoms with Crippen molar-refractivity contribution < 1.29 is 9.59 Å². The Balaban J connectivity index is 1.86. The number of nitrogens with one attached hydrogen (secondary N) is 1. The van der Waals surface area contributed by atoms with E-state index in [4.69, 9.17) is 0 Å².